The van der Waals surface area contributed by atoms with Crippen LogP contribution >= 0.6 is 11.3 Å². The van der Waals surface area contributed by atoms with Crippen LogP contribution in [0, 0.1) is 5.82 Å². The minimum absolute atomic E-state index is 0.239. The number of halogens is 1. The van der Waals surface area contributed by atoms with Gasteiger partial charge in [0.25, 0.3) is 0 Å². The van der Waals surface area contributed by atoms with Crippen LogP contribution in [0.2, 0.25) is 0 Å². The highest BCUT2D eigenvalue weighted by Gasteiger charge is 2.16. The lowest BCUT2D eigenvalue weighted by atomic mass is 10.3. The summed E-state index contributed by atoms with van der Waals surface area (Å²) in [5.74, 6) is 0.576. The van der Waals surface area contributed by atoms with E-state index in [4.69, 9.17) is 0 Å². The first-order valence-electron chi connectivity index (χ1n) is 6.99. The Bertz CT molecular complexity index is 894. The van der Waals surface area contributed by atoms with Crippen LogP contribution < -0.4 is 0 Å². The topological polar surface area (TPSA) is 46.5 Å². The third-order valence-corrected chi connectivity index (χ3v) is 4.48. The molecule has 0 saturated heterocycles. The maximum absolute atomic E-state index is 14.3. The Morgan fingerprint density at radius 2 is 2.18 bits per heavy atom. The summed E-state index contributed by atoms with van der Waals surface area (Å²) in [7, 11) is 0. The van der Waals surface area contributed by atoms with E-state index in [1.54, 1.807) is 29.9 Å². The molecule has 1 N–H and O–H groups in total. The van der Waals surface area contributed by atoms with Crippen LogP contribution in [0.5, 0.6) is 0 Å². The number of aryl methyl sites for hydroxylation is 2. The molecule has 0 unspecified atom stereocenters. The first-order valence-corrected chi connectivity index (χ1v) is 7.87. The Labute approximate surface area is 130 Å². The van der Waals surface area contributed by atoms with Crippen molar-refractivity contribution >= 4 is 22.4 Å². The summed E-state index contributed by atoms with van der Waals surface area (Å²) in [4.78, 5) is 12.8. The number of hydrogen-bond donors (Lipinski definition) is 1. The number of nitrogens with one attached hydrogen (secondary N) is 1. The standard InChI is InChI=1S/C16H13FN4S/c17-12-3-1-4-13-15(12)21(7-6-11-9-18-10-19-11)16(20-13)14-5-2-8-22-14/h1-5,8-10H,6-7H2,(H,18,19). The van der Waals surface area contributed by atoms with Crippen molar-refractivity contribution in [3.8, 4) is 10.7 Å². The Morgan fingerprint density at radius 3 is 2.95 bits per heavy atom. The molecular formula is C16H13FN4S. The molecule has 4 aromatic rings. The Morgan fingerprint density at radius 1 is 1.23 bits per heavy atom. The van der Waals surface area contributed by atoms with Crippen LogP contribution in [0.15, 0.2) is 48.2 Å². The number of thiophene rings is 1. The van der Waals surface area contributed by atoms with Crippen molar-refractivity contribution in [3.63, 3.8) is 0 Å². The number of nitrogens with zero attached hydrogens (tertiary/aromatic N) is 3. The Hall–Kier alpha value is -2.47. The molecule has 3 heterocycles. The Balaban J connectivity index is 1.83. The van der Waals surface area contributed by atoms with E-state index in [-0.39, 0.29) is 5.82 Å². The van der Waals surface area contributed by atoms with E-state index in [1.165, 1.54) is 6.07 Å². The molecule has 0 aliphatic carbocycles. The lowest BCUT2D eigenvalue weighted by Gasteiger charge is -2.08. The fourth-order valence-corrected chi connectivity index (χ4v) is 3.33. The summed E-state index contributed by atoms with van der Waals surface area (Å²) in [5.41, 5.74) is 2.27. The molecule has 0 aliphatic rings. The second-order valence-electron chi connectivity index (χ2n) is 5.00. The maximum Gasteiger partial charge on any atom is 0.151 e. The largest absolute Gasteiger partial charge is 0.348 e. The van der Waals surface area contributed by atoms with Crippen LogP contribution in [-0.4, -0.2) is 19.5 Å². The molecule has 110 valence electrons. The minimum Gasteiger partial charge on any atom is -0.348 e. The van der Waals surface area contributed by atoms with Gasteiger partial charge in [0.2, 0.25) is 0 Å². The first-order chi connectivity index (χ1) is 10.8. The van der Waals surface area contributed by atoms with Gasteiger partial charge in [0.15, 0.2) is 5.82 Å². The number of H-pyrrole nitrogens is 1. The van der Waals surface area contributed by atoms with Gasteiger partial charge in [0, 0.05) is 24.9 Å². The van der Waals surface area contributed by atoms with Gasteiger partial charge in [-0.1, -0.05) is 12.1 Å². The number of aromatic nitrogens is 4. The molecule has 0 spiro atoms. The molecule has 0 bridgehead atoms. The number of para-hydroxylation sites is 1. The second kappa shape index (κ2) is 5.38. The average molecular weight is 312 g/mol. The second-order valence-corrected chi connectivity index (χ2v) is 5.95. The molecule has 0 amide bonds. The van der Waals surface area contributed by atoms with Crippen LogP contribution in [0.3, 0.4) is 0 Å². The number of rotatable bonds is 4. The van der Waals surface area contributed by atoms with Gasteiger partial charge in [-0.3, -0.25) is 0 Å². The smallest absolute Gasteiger partial charge is 0.151 e. The van der Waals surface area contributed by atoms with Gasteiger partial charge >= 0.3 is 0 Å². The van der Waals surface area contributed by atoms with Gasteiger partial charge in [-0.15, -0.1) is 11.3 Å². The van der Waals surface area contributed by atoms with Crippen molar-refractivity contribution in [1.82, 2.24) is 19.5 Å². The fraction of sp³-hybridized carbons (Fsp3) is 0.125. The summed E-state index contributed by atoms with van der Waals surface area (Å²) >= 11 is 1.61. The van der Waals surface area contributed by atoms with Crippen molar-refractivity contribution in [2.24, 2.45) is 0 Å². The van der Waals surface area contributed by atoms with Gasteiger partial charge in [-0.05, 0) is 23.6 Å². The SMILES string of the molecule is Fc1cccc2nc(-c3cccs3)n(CCc3cnc[nH]3)c12. The van der Waals surface area contributed by atoms with E-state index in [9.17, 15) is 4.39 Å². The van der Waals surface area contributed by atoms with Crippen LogP contribution in [0.25, 0.3) is 21.7 Å². The monoisotopic (exact) mass is 312 g/mol. The van der Waals surface area contributed by atoms with E-state index in [0.717, 1.165) is 22.8 Å². The lowest BCUT2D eigenvalue weighted by Crippen LogP contribution is -2.04. The predicted molar refractivity (Wildman–Crippen MR) is 85.3 cm³/mol. The van der Waals surface area contributed by atoms with Crippen molar-refractivity contribution in [1.29, 1.82) is 0 Å². The molecular weight excluding hydrogens is 299 g/mol. The molecule has 1 aromatic carbocycles. The third kappa shape index (κ3) is 2.21. The van der Waals surface area contributed by atoms with Gasteiger partial charge in [0.05, 0.1) is 16.7 Å². The number of fused-ring (bicyclic) bond motifs is 1. The molecule has 0 radical (unpaired) electrons. The van der Waals surface area contributed by atoms with Gasteiger partial charge in [-0.2, -0.15) is 0 Å². The molecule has 0 atom stereocenters. The highest BCUT2D eigenvalue weighted by Crippen LogP contribution is 2.29. The van der Waals surface area contributed by atoms with E-state index >= 15 is 0 Å². The summed E-state index contributed by atoms with van der Waals surface area (Å²) in [6.07, 6.45) is 4.20. The van der Waals surface area contributed by atoms with E-state index in [0.29, 0.717) is 17.6 Å². The molecule has 0 fully saturated rings. The van der Waals surface area contributed by atoms with Gasteiger partial charge < -0.3 is 9.55 Å². The molecule has 22 heavy (non-hydrogen) atoms. The quantitative estimate of drug-likeness (QED) is 0.622. The lowest BCUT2D eigenvalue weighted by molar-refractivity contribution is 0.621. The summed E-state index contributed by atoms with van der Waals surface area (Å²) in [5, 5.41) is 2.00. The highest BCUT2D eigenvalue weighted by atomic mass is 32.1. The molecule has 0 saturated carbocycles. The van der Waals surface area contributed by atoms with Gasteiger partial charge in [-0.25, -0.2) is 14.4 Å². The van der Waals surface area contributed by atoms with Crippen molar-refractivity contribution in [2.45, 2.75) is 13.0 Å². The Kier molecular flexibility index (Phi) is 3.23. The molecule has 4 nitrogen and oxygen atoms in total. The molecule has 0 aliphatic heterocycles. The van der Waals surface area contributed by atoms with E-state index in [2.05, 4.69) is 15.0 Å². The first kappa shape index (κ1) is 13.2. The number of hydrogen-bond acceptors (Lipinski definition) is 3. The van der Waals surface area contributed by atoms with Crippen molar-refractivity contribution in [2.75, 3.05) is 0 Å². The van der Waals surface area contributed by atoms with Crippen molar-refractivity contribution in [3.05, 3.63) is 59.7 Å². The normalized spacial score (nSPS) is 11.3. The molecule has 6 heteroatoms. The zero-order valence-electron chi connectivity index (χ0n) is 11.7. The third-order valence-electron chi connectivity index (χ3n) is 3.62. The number of aromatic amines is 1. The predicted octanol–water partition coefficient (Wildman–Crippen LogP) is 3.87. The zero-order chi connectivity index (χ0) is 14.9. The van der Waals surface area contributed by atoms with E-state index in [1.807, 2.05) is 28.1 Å². The highest BCUT2D eigenvalue weighted by molar-refractivity contribution is 7.13. The van der Waals surface area contributed by atoms with Crippen molar-refractivity contribution < 1.29 is 4.39 Å². The molecule has 4 rings (SSSR count). The van der Waals surface area contributed by atoms with Crippen LogP contribution in [0.4, 0.5) is 4.39 Å². The van der Waals surface area contributed by atoms with Gasteiger partial charge in [0.1, 0.15) is 11.3 Å². The van der Waals surface area contributed by atoms with Crippen LogP contribution in [0.1, 0.15) is 5.69 Å². The maximum atomic E-state index is 14.3. The van der Waals surface area contributed by atoms with Crippen LogP contribution in [-0.2, 0) is 13.0 Å². The zero-order valence-corrected chi connectivity index (χ0v) is 12.5. The average Bonchev–Trinajstić information content (AvgIpc) is 3.25. The molecule has 3 aromatic heterocycles. The fourth-order valence-electron chi connectivity index (χ4n) is 2.61. The summed E-state index contributed by atoms with van der Waals surface area (Å²) in [6.45, 7) is 0.646. The van der Waals surface area contributed by atoms with E-state index < -0.39 is 0 Å². The summed E-state index contributed by atoms with van der Waals surface area (Å²) < 4.78 is 16.2. The minimum atomic E-state index is -0.239. The number of benzene rings is 1. The summed E-state index contributed by atoms with van der Waals surface area (Å²) in [6, 6.07) is 9.02. The number of imidazole rings is 2.